The van der Waals surface area contributed by atoms with Gasteiger partial charge in [0.2, 0.25) is 0 Å². The zero-order chi connectivity index (χ0) is 7.19. The summed E-state index contributed by atoms with van der Waals surface area (Å²) in [6.07, 6.45) is 3.08. The summed E-state index contributed by atoms with van der Waals surface area (Å²) in [5.41, 5.74) is -0.488. The largest absolute Gasteiger partial charge is 0.480 e. The van der Waals surface area contributed by atoms with Crippen LogP contribution in [0.25, 0.3) is 0 Å². The van der Waals surface area contributed by atoms with Crippen LogP contribution in [0.2, 0.25) is 0 Å². The summed E-state index contributed by atoms with van der Waals surface area (Å²) in [6.45, 7) is 0.878. The highest BCUT2D eigenvalue weighted by atomic mass is 35.5. The summed E-state index contributed by atoms with van der Waals surface area (Å²) >= 11 is 0. The second kappa shape index (κ2) is 3.81. The second-order valence-electron chi connectivity index (χ2n) is 3.25. The van der Waals surface area contributed by atoms with Crippen molar-refractivity contribution >= 4 is 30.8 Å². The van der Waals surface area contributed by atoms with Gasteiger partial charge in [0.1, 0.15) is 5.54 Å². The molecule has 2 rings (SSSR count). The molecule has 0 radical (unpaired) electrons. The third-order valence-corrected chi connectivity index (χ3v) is 2.66. The molecule has 0 aromatic heterocycles. The minimum absolute atomic E-state index is 0. The Balaban J connectivity index is 0.000000605. The molecule has 1 aliphatic carbocycles. The summed E-state index contributed by atoms with van der Waals surface area (Å²) in [4.78, 5) is 10.7. The van der Waals surface area contributed by atoms with E-state index in [0.717, 1.165) is 25.8 Å². The van der Waals surface area contributed by atoms with Crippen LogP contribution in [-0.4, -0.2) is 23.2 Å². The van der Waals surface area contributed by atoms with Gasteiger partial charge in [-0.1, -0.05) is 0 Å². The van der Waals surface area contributed by atoms with Crippen molar-refractivity contribution in [3.63, 3.8) is 0 Å². The van der Waals surface area contributed by atoms with Crippen molar-refractivity contribution in [2.75, 3.05) is 6.54 Å². The quantitative estimate of drug-likeness (QED) is 0.686. The number of carbonyl (C=O) groups is 1. The minimum Gasteiger partial charge on any atom is -0.480 e. The van der Waals surface area contributed by atoms with Crippen LogP contribution in [0.5, 0.6) is 0 Å². The van der Waals surface area contributed by atoms with Crippen LogP contribution in [0.15, 0.2) is 0 Å². The maximum Gasteiger partial charge on any atom is 0.324 e. The minimum atomic E-state index is -0.655. The van der Waals surface area contributed by atoms with Gasteiger partial charge in [-0.3, -0.25) is 4.79 Å². The smallest absolute Gasteiger partial charge is 0.324 e. The van der Waals surface area contributed by atoms with Crippen molar-refractivity contribution in [1.29, 1.82) is 0 Å². The molecule has 0 unspecified atom stereocenters. The molecule has 1 aliphatic heterocycles. The van der Waals surface area contributed by atoms with Gasteiger partial charge in [-0.05, 0) is 31.7 Å². The Kier molecular flexibility index (Phi) is 3.82. The lowest BCUT2D eigenvalue weighted by Gasteiger charge is -2.18. The number of carboxylic acid groups (broad SMARTS) is 1. The molecule has 2 fully saturated rings. The van der Waals surface area contributed by atoms with E-state index in [1.165, 1.54) is 0 Å². The summed E-state index contributed by atoms with van der Waals surface area (Å²) in [6, 6.07) is 0. The average Bonchev–Trinajstić information content (AvgIpc) is 2.61. The van der Waals surface area contributed by atoms with Gasteiger partial charge in [0.05, 0.1) is 0 Å². The van der Waals surface area contributed by atoms with E-state index < -0.39 is 11.5 Å². The maximum atomic E-state index is 10.7. The fourth-order valence-electron chi connectivity index (χ4n) is 1.89. The molecule has 0 spiro atoms. The molecule has 0 amide bonds. The summed E-state index contributed by atoms with van der Waals surface area (Å²) in [5.74, 6) is -0.226. The van der Waals surface area contributed by atoms with E-state index in [0.29, 0.717) is 5.92 Å². The van der Waals surface area contributed by atoms with Crippen LogP contribution >= 0.6 is 24.8 Å². The van der Waals surface area contributed by atoms with Crippen LogP contribution < -0.4 is 5.32 Å². The first-order chi connectivity index (χ1) is 4.76. The Hall–Kier alpha value is 0.01000. The van der Waals surface area contributed by atoms with Crippen molar-refractivity contribution in [2.24, 2.45) is 5.92 Å². The van der Waals surface area contributed by atoms with Crippen molar-refractivity contribution in [2.45, 2.75) is 24.8 Å². The predicted octanol–water partition coefficient (Wildman–Crippen LogP) is 1.06. The molecular formula is C7H13Cl2NO2. The van der Waals surface area contributed by atoms with Crippen LogP contribution in [-0.2, 0) is 4.79 Å². The lowest BCUT2D eigenvalue weighted by molar-refractivity contribution is -0.141. The first kappa shape index (κ1) is 12.0. The summed E-state index contributed by atoms with van der Waals surface area (Å²) < 4.78 is 0. The SMILES string of the molecule is Cl.Cl.O=C(O)[C@]12C[C@H]1CCCN2. The van der Waals surface area contributed by atoms with Crippen molar-refractivity contribution in [3.05, 3.63) is 0 Å². The maximum absolute atomic E-state index is 10.7. The predicted molar refractivity (Wildman–Crippen MR) is 50.2 cm³/mol. The third kappa shape index (κ3) is 1.53. The number of piperidine rings is 1. The molecule has 12 heavy (non-hydrogen) atoms. The number of rotatable bonds is 1. The number of carboxylic acids is 1. The number of aliphatic carboxylic acids is 1. The zero-order valence-electron chi connectivity index (χ0n) is 6.58. The zero-order valence-corrected chi connectivity index (χ0v) is 8.21. The molecule has 0 aromatic rings. The third-order valence-electron chi connectivity index (χ3n) is 2.66. The first-order valence-corrected chi connectivity index (χ1v) is 3.74. The Labute approximate surface area is 83.7 Å². The monoisotopic (exact) mass is 213 g/mol. The molecule has 0 bridgehead atoms. The van der Waals surface area contributed by atoms with Crippen LogP contribution in [0.1, 0.15) is 19.3 Å². The van der Waals surface area contributed by atoms with Gasteiger partial charge in [-0.2, -0.15) is 0 Å². The fraction of sp³-hybridized carbons (Fsp3) is 0.857. The van der Waals surface area contributed by atoms with Gasteiger partial charge in [-0.15, -0.1) is 24.8 Å². The van der Waals surface area contributed by atoms with Crippen LogP contribution in [0, 0.1) is 5.92 Å². The van der Waals surface area contributed by atoms with Gasteiger partial charge >= 0.3 is 5.97 Å². The summed E-state index contributed by atoms with van der Waals surface area (Å²) in [5, 5.41) is 11.8. The molecule has 1 saturated heterocycles. The van der Waals surface area contributed by atoms with Crippen molar-refractivity contribution in [1.82, 2.24) is 5.32 Å². The molecule has 1 saturated carbocycles. The van der Waals surface area contributed by atoms with E-state index in [4.69, 9.17) is 5.11 Å². The molecule has 2 atom stereocenters. The van der Waals surface area contributed by atoms with E-state index >= 15 is 0 Å². The number of fused-ring (bicyclic) bond motifs is 1. The topological polar surface area (TPSA) is 49.3 Å². The number of nitrogens with one attached hydrogen (secondary N) is 1. The van der Waals surface area contributed by atoms with Gasteiger partial charge in [0.25, 0.3) is 0 Å². The highest BCUT2D eigenvalue weighted by molar-refractivity contribution is 5.85. The second-order valence-corrected chi connectivity index (χ2v) is 3.25. The number of hydrogen-bond acceptors (Lipinski definition) is 2. The van der Waals surface area contributed by atoms with Gasteiger partial charge in [0, 0.05) is 0 Å². The molecule has 3 nitrogen and oxygen atoms in total. The highest BCUT2D eigenvalue weighted by Gasteiger charge is 2.60. The molecule has 5 heteroatoms. The Bertz CT molecular complexity index is 188. The lowest BCUT2D eigenvalue weighted by atomic mass is 10.1. The van der Waals surface area contributed by atoms with Gasteiger partial charge in [0.15, 0.2) is 0 Å². The van der Waals surface area contributed by atoms with Gasteiger partial charge < -0.3 is 10.4 Å². The number of hydrogen-bond donors (Lipinski definition) is 2. The normalized spacial score (nSPS) is 36.8. The molecule has 0 aromatic carbocycles. The molecule has 72 valence electrons. The van der Waals surface area contributed by atoms with Crippen LogP contribution in [0.4, 0.5) is 0 Å². The fourth-order valence-corrected chi connectivity index (χ4v) is 1.89. The molecule has 2 N–H and O–H groups in total. The Morgan fingerprint density at radius 1 is 1.50 bits per heavy atom. The molecule has 1 heterocycles. The van der Waals surface area contributed by atoms with Crippen molar-refractivity contribution in [3.8, 4) is 0 Å². The molecular weight excluding hydrogens is 201 g/mol. The summed E-state index contributed by atoms with van der Waals surface area (Å²) in [7, 11) is 0. The Morgan fingerprint density at radius 3 is 2.58 bits per heavy atom. The highest BCUT2D eigenvalue weighted by Crippen LogP contribution is 2.48. The van der Waals surface area contributed by atoms with Gasteiger partial charge in [-0.25, -0.2) is 0 Å². The Morgan fingerprint density at radius 2 is 2.17 bits per heavy atom. The van der Waals surface area contributed by atoms with Crippen LogP contribution in [0.3, 0.4) is 0 Å². The van der Waals surface area contributed by atoms with E-state index in [1.807, 2.05) is 0 Å². The van der Waals surface area contributed by atoms with E-state index in [9.17, 15) is 4.79 Å². The lowest BCUT2D eigenvalue weighted by Crippen LogP contribution is -2.44. The van der Waals surface area contributed by atoms with E-state index in [-0.39, 0.29) is 24.8 Å². The number of halogens is 2. The standard InChI is InChI=1S/C7H11NO2.2ClH/c9-6(10)7-4-5(7)2-1-3-8-7;;/h5,8H,1-4H2,(H,9,10);2*1H/t5-,7+;;/m1../s1. The average molecular weight is 214 g/mol. The van der Waals surface area contributed by atoms with E-state index in [2.05, 4.69) is 5.32 Å². The van der Waals surface area contributed by atoms with Crippen molar-refractivity contribution < 1.29 is 9.90 Å². The van der Waals surface area contributed by atoms with E-state index in [1.54, 1.807) is 0 Å². The first-order valence-electron chi connectivity index (χ1n) is 3.74. The molecule has 2 aliphatic rings.